The van der Waals surface area contributed by atoms with Crippen LogP contribution in [-0.2, 0) is 14.3 Å². The van der Waals surface area contributed by atoms with Gasteiger partial charge < -0.3 is 15.2 Å². The zero-order valence-corrected chi connectivity index (χ0v) is 24.6. The maximum Gasteiger partial charge on any atom is 0.338 e. The number of nitrogen functional groups attached to an aromatic ring is 1. The van der Waals surface area contributed by atoms with Gasteiger partial charge in [0.25, 0.3) is 0 Å². The summed E-state index contributed by atoms with van der Waals surface area (Å²) in [6.45, 7) is -0.504. The molecular weight excluding hydrogens is 603 g/mol. The number of amides is 2. The number of hydrogen-bond donors (Lipinski definition) is 1. The Hall–Kier alpha value is -5.50. The van der Waals surface area contributed by atoms with Crippen LogP contribution in [0.25, 0.3) is 11.1 Å². The smallest absolute Gasteiger partial charge is 0.338 e. The molecule has 0 bridgehead atoms. The van der Waals surface area contributed by atoms with Crippen LogP contribution in [0.5, 0.6) is 5.75 Å². The Labute approximate surface area is 259 Å². The molecule has 2 N–H and O–H groups in total. The minimum Gasteiger partial charge on any atom is -0.496 e. The number of nitrogens with two attached hydrogens (primary N) is 1. The molecule has 0 saturated carbocycles. The summed E-state index contributed by atoms with van der Waals surface area (Å²) in [5.41, 5.74) is 7.78. The van der Waals surface area contributed by atoms with Crippen molar-refractivity contribution >= 4 is 58.2 Å². The van der Waals surface area contributed by atoms with Gasteiger partial charge in [0.2, 0.25) is 17.6 Å². The maximum atomic E-state index is 13.4. The van der Waals surface area contributed by atoms with Crippen LogP contribution in [0.4, 0.5) is 11.5 Å². The third kappa shape index (κ3) is 5.74. The quantitative estimate of drug-likeness (QED) is 0.156. The lowest BCUT2D eigenvalue weighted by Crippen LogP contribution is -2.31. The third-order valence-electron chi connectivity index (χ3n) is 6.69. The Morgan fingerprint density at radius 1 is 1.09 bits per heavy atom. The molecule has 0 aliphatic carbocycles. The highest BCUT2D eigenvalue weighted by atomic mass is 32.2. The summed E-state index contributed by atoms with van der Waals surface area (Å²) in [7, 11) is 1.43. The lowest BCUT2D eigenvalue weighted by atomic mass is 9.99. The highest BCUT2D eigenvalue weighted by Crippen LogP contribution is 2.40. The first kappa shape index (κ1) is 30.0. The summed E-state index contributed by atoms with van der Waals surface area (Å²) in [5, 5.41) is 22.4. The van der Waals surface area contributed by atoms with Crippen LogP contribution >= 0.6 is 23.1 Å². The molecule has 2 amide bonds. The van der Waals surface area contributed by atoms with Crippen LogP contribution in [0.3, 0.4) is 0 Å². The van der Waals surface area contributed by atoms with Gasteiger partial charge in [-0.25, -0.2) is 14.7 Å². The van der Waals surface area contributed by atoms with Crippen LogP contribution in [0.1, 0.15) is 38.3 Å². The molecule has 0 spiro atoms. The van der Waals surface area contributed by atoms with Crippen molar-refractivity contribution in [1.82, 2.24) is 4.98 Å². The monoisotopic (exact) mass is 623 g/mol. The molecular formula is C31H21N5O6S2. The van der Waals surface area contributed by atoms with Crippen molar-refractivity contribution in [1.29, 1.82) is 10.5 Å². The number of imide groups is 1. The fraction of sp³-hybridized carbons (Fsp3) is 0.129. The number of pyridine rings is 1. The number of hydrogen-bond acceptors (Lipinski definition) is 12. The van der Waals surface area contributed by atoms with Gasteiger partial charge in [0.05, 0.1) is 34.7 Å². The molecule has 5 rings (SSSR count). The second-order valence-electron chi connectivity index (χ2n) is 9.29. The molecule has 3 heterocycles. The number of thioether (sulfide) groups is 1. The number of para-hydroxylation sites is 1. The number of ketones is 1. The number of anilines is 2. The number of Topliss-reactive ketones (excluding diaryl/α,β-unsaturated/α-hetero) is 1. The van der Waals surface area contributed by atoms with E-state index in [9.17, 15) is 29.7 Å². The molecule has 11 nitrogen and oxygen atoms in total. The van der Waals surface area contributed by atoms with E-state index in [0.717, 1.165) is 16.7 Å². The lowest BCUT2D eigenvalue weighted by molar-refractivity contribution is -0.121. The molecule has 1 atom stereocenters. The van der Waals surface area contributed by atoms with Gasteiger partial charge in [-0.2, -0.15) is 21.9 Å². The van der Waals surface area contributed by atoms with Crippen LogP contribution in [0.15, 0.2) is 70.4 Å². The van der Waals surface area contributed by atoms with E-state index in [1.807, 2.05) is 6.07 Å². The van der Waals surface area contributed by atoms with E-state index in [4.69, 9.17) is 15.2 Å². The number of rotatable bonds is 9. The first-order valence-corrected chi connectivity index (χ1v) is 14.7. The second-order valence-corrected chi connectivity index (χ2v) is 11.3. The van der Waals surface area contributed by atoms with Gasteiger partial charge in [0, 0.05) is 12.0 Å². The van der Waals surface area contributed by atoms with Gasteiger partial charge in [-0.1, -0.05) is 23.9 Å². The highest BCUT2D eigenvalue weighted by Gasteiger charge is 2.41. The number of aromatic nitrogens is 1. The molecule has 1 aliphatic heterocycles. The summed E-state index contributed by atoms with van der Waals surface area (Å²) in [6.07, 6.45) is -0.168. The summed E-state index contributed by atoms with van der Waals surface area (Å²) in [4.78, 5) is 56.6. The summed E-state index contributed by atoms with van der Waals surface area (Å²) in [5.74, 6) is -1.95. The second kappa shape index (κ2) is 12.8. The van der Waals surface area contributed by atoms with Gasteiger partial charge in [0.1, 0.15) is 34.3 Å². The van der Waals surface area contributed by atoms with Crippen molar-refractivity contribution in [3.8, 4) is 29.0 Å². The summed E-state index contributed by atoms with van der Waals surface area (Å²) >= 11 is 2.31. The van der Waals surface area contributed by atoms with Gasteiger partial charge in [-0.3, -0.25) is 14.4 Å². The minimum atomic E-state index is -0.907. The Balaban J connectivity index is 1.30. The number of carbonyl (C=O) groups is 4. The number of thiophene rings is 1. The Bertz CT molecular complexity index is 1880. The summed E-state index contributed by atoms with van der Waals surface area (Å²) in [6, 6.07) is 18.0. The Kier molecular flexibility index (Phi) is 8.71. The molecule has 2 aromatic heterocycles. The number of nitriles is 2. The topological polar surface area (TPSA) is 176 Å². The van der Waals surface area contributed by atoms with Crippen molar-refractivity contribution in [2.45, 2.75) is 16.7 Å². The van der Waals surface area contributed by atoms with Crippen LogP contribution < -0.4 is 15.4 Å². The third-order valence-corrected chi connectivity index (χ3v) is 8.54. The predicted octanol–water partition coefficient (Wildman–Crippen LogP) is 4.61. The standard InChI is InChI=1S/C31H21N5O6S2/c1-41-24-5-3-2-4-20(24)23(37)15-42-31(40)17-6-8-19(9-7-17)36-26(38)12-25(30(36)39)44-29-22(14-33)27(18-10-11-43-16-18)21(13-32)28(34)35-29/h2-11,16,25H,12,15H2,1H3,(H2,34,35). The van der Waals surface area contributed by atoms with Crippen molar-refractivity contribution < 1.29 is 28.7 Å². The average Bonchev–Trinajstić information content (AvgIpc) is 3.67. The largest absolute Gasteiger partial charge is 0.496 e. The van der Waals surface area contributed by atoms with Crippen molar-refractivity contribution in [3.63, 3.8) is 0 Å². The van der Waals surface area contributed by atoms with Crippen LogP contribution in [0, 0.1) is 22.7 Å². The van der Waals surface area contributed by atoms with E-state index >= 15 is 0 Å². The maximum absolute atomic E-state index is 13.4. The number of benzene rings is 2. The number of methoxy groups -OCH3 is 1. The highest BCUT2D eigenvalue weighted by molar-refractivity contribution is 8.00. The molecule has 13 heteroatoms. The molecule has 0 radical (unpaired) electrons. The van der Waals surface area contributed by atoms with E-state index in [1.54, 1.807) is 41.1 Å². The SMILES string of the molecule is COc1ccccc1C(=O)COC(=O)c1ccc(N2C(=O)CC(Sc3nc(N)c(C#N)c(-c4ccsc4)c3C#N)C2=O)cc1. The number of nitrogens with zero attached hydrogens (tertiary/aromatic N) is 4. The Morgan fingerprint density at radius 2 is 1.82 bits per heavy atom. The molecule has 1 aliphatic rings. The normalized spacial score (nSPS) is 14.2. The number of carbonyl (C=O) groups excluding carboxylic acids is 4. The Morgan fingerprint density at radius 3 is 2.48 bits per heavy atom. The lowest BCUT2D eigenvalue weighted by Gasteiger charge is -2.16. The molecule has 1 saturated heterocycles. The fourth-order valence-electron chi connectivity index (χ4n) is 4.59. The van der Waals surface area contributed by atoms with E-state index in [-0.39, 0.29) is 45.2 Å². The molecule has 4 aromatic rings. The van der Waals surface area contributed by atoms with Crippen molar-refractivity contribution in [2.75, 3.05) is 24.4 Å². The van der Waals surface area contributed by atoms with Gasteiger partial charge >= 0.3 is 5.97 Å². The number of esters is 1. The predicted molar refractivity (Wildman–Crippen MR) is 162 cm³/mol. The fourth-order valence-corrected chi connectivity index (χ4v) is 6.36. The zero-order chi connectivity index (χ0) is 31.4. The van der Waals surface area contributed by atoms with Crippen LogP contribution in [-0.4, -0.2) is 47.5 Å². The summed E-state index contributed by atoms with van der Waals surface area (Å²) < 4.78 is 10.3. The van der Waals surface area contributed by atoms with E-state index in [2.05, 4.69) is 11.1 Å². The molecule has 1 fully saturated rings. The molecule has 2 aromatic carbocycles. The molecule has 1 unspecified atom stereocenters. The number of ether oxygens (including phenoxy) is 2. The molecule has 44 heavy (non-hydrogen) atoms. The van der Waals surface area contributed by atoms with Crippen molar-refractivity contribution in [2.24, 2.45) is 0 Å². The zero-order valence-electron chi connectivity index (χ0n) is 23.0. The van der Waals surface area contributed by atoms with E-state index in [1.165, 1.54) is 42.7 Å². The van der Waals surface area contributed by atoms with E-state index in [0.29, 0.717) is 16.9 Å². The average molecular weight is 624 g/mol. The minimum absolute atomic E-state index is 0.0579. The first-order valence-electron chi connectivity index (χ1n) is 12.9. The van der Waals surface area contributed by atoms with Crippen molar-refractivity contribution in [3.05, 3.63) is 87.6 Å². The molecule has 218 valence electrons. The van der Waals surface area contributed by atoms with Gasteiger partial charge in [0.15, 0.2) is 6.61 Å². The van der Waals surface area contributed by atoms with Gasteiger partial charge in [-0.15, -0.1) is 0 Å². The van der Waals surface area contributed by atoms with E-state index < -0.39 is 35.4 Å². The first-order chi connectivity index (χ1) is 21.3. The van der Waals surface area contributed by atoms with Crippen LogP contribution in [0.2, 0.25) is 0 Å². The van der Waals surface area contributed by atoms with Gasteiger partial charge in [-0.05, 0) is 58.8 Å².